The van der Waals surface area contributed by atoms with E-state index in [0.29, 0.717) is 17.9 Å². The number of ether oxygens (including phenoxy) is 1. The van der Waals surface area contributed by atoms with E-state index in [1.807, 2.05) is 0 Å². The van der Waals surface area contributed by atoms with Crippen LogP contribution in [0, 0.1) is 0 Å². The molecular weight excluding hydrogens is 243 g/mol. The fourth-order valence-corrected chi connectivity index (χ4v) is 2.49. The zero-order valence-corrected chi connectivity index (χ0v) is 10.2. The van der Waals surface area contributed by atoms with Crippen LogP contribution in [0.15, 0.2) is 18.2 Å². The molecule has 1 saturated carbocycles. The van der Waals surface area contributed by atoms with E-state index in [1.165, 1.54) is 19.2 Å². The normalized spacial score (nSPS) is 18.3. The van der Waals surface area contributed by atoms with E-state index in [9.17, 15) is 13.2 Å². The first-order chi connectivity index (χ1) is 8.43. The molecule has 18 heavy (non-hydrogen) atoms. The summed E-state index contributed by atoms with van der Waals surface area (Å²) in [6.07, 6.45) is -1.69. The molecule has 1 fully saturated rings. The molecule has 0 radical (unpaired) electrons. The molecular formula is C13H16F3NO. The number of benzene rings is 1. The van der Waals surface area contributed by atoms with Crippen LogP contribution in [0.4, 0.5) is 13.2 Å². The molecule has 0 aromatic heterocycles. The van der Waals surface area contributed by atoms with Gasteiger partial charge in [0, 0.05) is 17.5 Å². The van der Waals surface area contributed by atoms with Gasteiger partial charge in [-0.1, -0.05) is 6.42 Å². The predicted octanol–water partition coefficient (Wildman–Crippen LogP) is 3.09. The lowest BCUT2D eigenvalue weighted by Gasteiger charge is -2.42. The number of halogens is 3. The van der Waals surface area contributed by atoms with E-state index in [-0.39, 0.29) is 5.41 Å². The van der Waals surface area contributed by atoms with Crippen LogP contribution in [-0.4, -0.2) is 13.7 Å². The van der Waals surface area contributed by atoms with Gasteiger partial charge in [-0.2, -0.15) is 13.2 Å². The molecule has 0 heterocycles. The molecule has 2 nitrogen and oxygen atoms in total. The molecule has 0 bridgehead atoms. The molecule has 0 atom stereocenters. The van der Waals surface area contributed by atoms with E-state index in [1.54, 1.807) is 0 Å². The van der Waals surface area contributed by atoms with E-state index < -0.39 is 11.7 Å². The molecule has 0 amide bonds. The van der Waals surface area contributed by atoms with Gasteiger partial charge in [0.2, 0.25) is 0 Å². The third-order valence-electron chi connectivity index (χ3n) is 3.80. The summed E-state index contributed by atoms with van der Waals surface area (Å²) in [4.78, 5) is 0. The van der Waals surface area contributed by atoms with E-state index in [0.717, 1.165) is 25.3 Å². The average Bonchev–Trinajstić information content (AvgIpc) is 2.27. The monoisotopic (exact) mass is 259 g/mol. The van der Waals surface area contributed by atoms with Crippen LogP contribution in [0.2, 0.25) is 0 Å². The zero-order valence-electron chi connectivity index (χ0n) is 10.2. The highest BCUT2D eigenvalue weighted by Crippen LogP contribution is 2.47. The van der Waals surface area contributed by atoms with Gasteiger partial charge in [-0.3, -0.25) is 0 Å². The van der Waals surface area contributed by atoms with Crippen LogP contribution in [0.3, 0.4) is 0 Å². The van der Waals surface area contributed by atoms with Crippen molar-refractivity contribution in [3.63, 3.8) is 0 Å². The summed E-state index contributed by atoms with van der Waals surface area (Å²) < 4.78 is 43.4. The maximum Gasteiger partial charge on any atom is 0.416 e. The second kappa shape index (κ2) is 4.46. The third-order valence-corrected chi connectivity index (χ3v) is 3.80. The van der Waals surface area contributed by atoms with Crippen LogP contribution in [0.25, 0.3) is 0 Å². The van der Waals surface area contributed by atoms with E-state index >= 15 is 0 Å². The largest absolute Gasteiger partial charge is 0.496 e. The van der Waals surface area contributed by atoms with Crippen LogP contribution in [0.5, 0.6) is 5.75 Å². The van der Waals surface area contributed by atoms with Crippen molar-refractivity contribution in [1.82, 2.24) is 0 Å². The molecule has 2 N–H and O–H groups in total. The summed E-state index contributed by atoms with van der Waals surface area (Å²) in [5.74, 6) is 0.494. The summed E-state index contributed by atoms with van der Waals surface area (Å²) >= 11 is 0. The Morgan fingerprint density at radius 3 is 2.39 bits per heavy atom. The number of methoxy groups -OCH3 is 1. The lowest BCUT2D eigenvalue weighted by atomic mass is 9.64. The highest BCUT2D eigenvalue weighted by molar-refractivity contribution is 5.45. The highest BCUT2D eigenvalue weighted by Gasteiger charge is 2.41. The van der Waals surface area contributed by atoms with E-state index in [2.05, 4.69) is 0 Å². The lowest BCUT2D eigenvalue weighted by Crippen LogP contribution is -2.42. The maximum absolute atomic E-state index is 12.7. The van der Waals surface area contributed by atoms with Gasteiger partial charge < -0.3 is 10.5 Å². The zero-order chi connectivity index (χ0) is 13.4. The smallest absolute Gasteiger partial charge is 0.416 e. The second-order valence-electron chi connectivity index (χ2n) is 4.75. The molecule has 1 aromatic carbocycles. The molecule has 2 rings (SSSR count). The van der Waals surface area contributed by atoms with Gasteiger partial charge in [0.15, 0.2) is 0 Å². The lowest BCUT2D eigenvalue weighted by molar-refractivity contribution is -0.137. The molecule has 5 heteroatoms. The Kier molecular flexibility index (Phi) is 3.27. The SMILES string of the molecule is COc1ccc(C(F)(F)F)cc1C1(CN)CCC1. The number of nitrogens with two attached hydrogens (primary N) is 1. The van der Waals surface area contributed by atoms with Gasteiger partial charge in [-0.15, -0.1) is 0 Å². The standard InChI is InChI=1S/C13H16F3NO/c1-18-11-4-3-9(13(14,15)16)7-10(11)12(8-17)5-2-6-12/h3-4,7H,2,5-6,8,17H2,1H3. The molecule has 0 unspecified atom stereocenters. The minimum Gasteiger partial charge on any atom is -0.496 e. The summed E-state index contributed by atoms with van der Waals surface area (Å²) in [6.45, 7) is 0.352. The van der Waals surface area contributed by atoms with Crippen molar-refractivity contribution in [1.29, 1.82) is 0 Å². The van der Waals surface area contributed by atoms with E-state index in [4.69, 9.17) is 10.5 Å². The number of alkyl halides is 3. The minimum absolute atomic E-state index is 0.341. The van der Waals surface area contributed by atoms with Crippen molar-refractivity contribution in [2.45, 2.75) is 30.9 Å². The van der Waals surface area contributed by atoms with Gasteiger partial charge in [0.25, 0.3) is 0 Å². The first kappa shape index (κ1) is 13.2. The molecule has 1 aromatic rings. The van der Waals surface area contributed by atoms with Crippen molar-refractivity contribution in [2.75, 3.05) is 13.7 Å². The number of hydrogen-bond acceptors (Lipinski definition) is 2. The Morgan fingerprint density at radius 2 is 2.00 bits per heavy atom. The number of hydrogen-bond donors (Lipinski definition) is 1. The Morgan fingerprint density at radius 1 is 1.33 bits per heavy atom. The van der Waals surface area contributed by atoms with Gasteiger partial charge in [0.05, 0.1) is 12.7 Å². The van der Waals surface area contributed by atoms with Crippen LogP contribution < -0.4 is 10.5 Å². The minimum atomic E-state index is -4.33. The molecule has 0 aliphatic heterocycles. The van der Waals surface area contributed by atoms with Crippen molar-refractivity contribution in [3.8, 4) is 5.75 Å². The fourth-order valence-electron chi connectivity index (χ4n) is 2.49. The second-order valence-corrected chi connectivity index (χ2v) is 4.75. The summed E-state index contributed by atoms with van der Waals surface area (Å²) in [5.41, 5.74) is 5.36. The maximum atomic E-state index is 12.7. The van der Waals surface area contributed by atoms with Gasteiger partial charge in [-0.25, -0.2) is 0 Å². The Hall–Kier alpha value is -1.23. The predicted molar refractivity (Wildman–Crippen MR) is 62.6 cm³/mol. The van der Waals surface area contributed by atoms with Gasteiger partial charge >= 0.3 is 6.18 Å². The van der Waals surface area contributed by atoms with Crippen LogP contribution >= 0.6 is 0 Å². The topological polar surface area (TPSA) is 35.2 Å². The highest BCUT2D eigenvalue weighted by atomic mass is 19.4. The number of rotatable bonds is 3. The molecule has 1 aliphatic rings. The van der Waals surface area contributed by atoms with Crippen LogP contribution in [-0.2, 0) is 11.6 Å². The quantitative estimate of drug-likeness (QED) is 0.905. The van der Waals surface area contributed by atoms with Crippen molar-refractivity contribution in [3.05, 3.63) is 29.3 Å². The van der Waals surface area contributed by atoms with Crippen molar-refractivity contribution >= 4 is 0 Å². The first-order valence-electron chi connectivity index (χ1n) is 5.89. The Bertz CT molecular complexity index is 433. The molecule has 0 saturated heterocycles. The fraction of sp³-hybridized carbons (Fsp3) is 0.538. The van der Waals surface area contributed by atoms with Gasteiger partial charge in [-0.05, 0) is 31.0 Å². The van der Waals surface area contributed by atoms with Crippen LogP contribution in [0.1, 0.15) is 30.4 Å². The summed E-state index contributed by atoms with van der Waals surface area (Å²) in [5, 5.41) is 0. The molecule has 0 spiro atoms. The average molecular weight is 259 g/mol. The molecule has 1 aliphatic carbocycles. The first-order valence-corrected chi connectivity index (χ1v) is 5.89. The Labute approximate surface area is 104 Å². The summed E-state index contributed by atoms with van der Waals surface area (Å²) in [7, 11) is 1.47. The molecule has 100 valence electrons. The summed E-state index contributed by atoms with van der Waals surface area (Å²) in [6, 6.07) is 3.62. The van der Waals surface area contributed by atoms with Crippen molar-refractivity contribution in [2.24, 2.45) is 5.73 Å². The van der Waals surface area contributed by atoms with Gasteiger partial charge in [0.1, 0.15) is 5.75 Å². The van der Waals surface area contributed by atoms with Crippen molar-refractivity contribution < 1.29 is 17.9 Å². The third kappa shape index (κ3) is 2.07. The Balaban J connectivity index is 2.49.